The van der Waals surface area contributed by atoms with Gasteiger partial charge in [-0.15, -0.1) is 0 Å². The zero-order valence-corrected chi connectivity index (χ0v) is 12.6. The summed E-state index contributed by atoms with van der Waals surface area (Å²) in [5.74, 6) is 1.06. The first-order valence-corrected chi connectivity index (χ1v) is 7.62. The summed E-state index contributed by atoms with van der Waals surface area (Å²) in [6.45, 7) is 3.01. The van der Waals surface area contributed by atoms with Crippen LogP contribution < -0.4 is 4.74 Å². The van der Waals surface area contributed by atoms with Gasteiger partial charge in [0.2, 0.25) is 0 Å². The molecule has 0 N–H and O–H groups in total. The summed E-state index contributed by atoms with van der Waals surface area (Å²) in [7, 11) is 0. The molecule has 3 rings (SSSR count). The average Bonchev–Trinajstić information content (AvgIpc) is 2.46. The van der Waals surface area contributed by atoms with Crippen LogP contribution in [0.5, 0.6) is 5.75 Å². The molecule has 0 saturated carbocycles. The van der Waals surface area contributed by atoms with Crippen LogP contribution in [0, 0.1) is 6.92 Å². The summed E-state index contributed by atoms with van der Waals surface area (Å²) < 4.78 is 5.67. The number of alkyl halides is 1. The molecule has 98 valence electrons. The van der Waals surface area contributed by atoms with Gasteiger partial charge in [0, 0.05) is 0 Å². The highest BCUT2D eigenvalue weighted by Gasteiger charge is 2.16. The van der Waals surface area contributed by atoms with Crippen molar-refractivity contribution in [1.29, 1.82) is 0 Å². The van der Waals surface area contributed by atoms with Crippen LogP contribution in [0.4, 0.5) is 0 Å². The lowest BCUT2D eigenvalue weighted by molar-refractivity contribution is 0.288. The molecule has 1 atom stereocenters. The number of fused-ring (bicyclic) bond motifs is 1. The zero-order chi connectivity index (χ0) is 13.2. The molecule has 1 heterocycles. The van der Waals surface area contributed by atoms with E-state index >= 15 is 0 Å². The minimum atomic E-state index is 0.251. The largest absolute Gasteiger partial charge is 0.493 e. The van der Waals surface area contributed by atoms with Crippen molar-refractivity contribution in [1.82, 2.24) is 0 Å². The van der Waals surface area contributed by atoms with Crippen molar-refractivity contribution in [3.05, 3.63) is 64.7 Å². The van der Waals surface area contributed by atoms with Gasteiger partial charge >= 0.3 is 0 Å². The van der Waals surface area contributed by atoms with Crippen LogP contribution in [0.25, 0.3) is 0 Å². The second-order valence-electron chi connectivity index (χ2n) is 5.04. The van der Waals surface area contributed by atoms with E-state index in [4.69, 9.17) is 4.74 Å². The first-order chi connectivity index (χ1) is 9.25. The van der Waals surface area contributed by atoms with Gasteiger partial charge in [-0.2, -0.15) is 0 Å². The third-order valence-electron chi connectivity index (χ3n) is 3.69. The topological polar surface area (TPSA) is 9.23 Å². The third-order valence-corrected chi connectivity index (χ3v) is 4.71. The van der Waals surface area contributed by atoms with Gasteiger partial charge in [-0.3, -0.25) is 0 Å². The second-order valence-corrected chi connectivity index (χ2v) is 5.95. The Bertz CT molecular complexity index is 592. The Morgan fingerprint density at radius 1 is 1.16 bits per heavy atom. The van der Waals surface area contributed by atoms with Crippen LogP contribution in [-0.2, 0) is 6.42 Å². The highest BCUT2D eigenvalue weighted by Crippen LogP contribution is 2.36. The minimum Gasteiger partial charge on any atom is -0.493 e. The van der Waals surface area contributed by atoms with Crippen molar-refractivity contribution in [3.63, 3.8) is 0 Å². The zero-order valence-electron chi connectivity index (χ0n) is 11.0. The van der Waals surface area contributed by atoms with Gasteiger partial charge in [0.05, 0.1) is 11.4 Å². The molecule has 2 heteroatoms. The van der Waals surface area contributed by atoms with E-state index in [1.807, 2.05) is 0 Å². The quantitative estimate of drug-likeness (QED) is 0.723. The number of hydrogen-bond acceptors (Lipinski definition) is 1. The van der Waals surface area contributed by atoms with Gasteiger partial charge in [-0.25, -0.2) is 0 Å². The fourth-order valence-corrected chi connectivity index (χ4v) is 3.39. The summed E-state index contributed by atoms with van der Waals surface area (Å²) >= 11 is 3.83. The molecule has 0 aromatic heterocycles. The van der Waals surface area contributed by atoms with Crippen molar-refractivity contribution < 1.29 is 4.74 Å². The molecule has 0 spiro atoms. The van der Waals surface area contributed by atoms with E-state index in [9.17, 15) is 0 Å². The molecular formula is C17H17BrO. The molecule has 2 aromatic carbocycles. The Morgan fingerprint density at radius 2 is 2.00 bits per heavy atom. The average molecular weight is 317 g/mol. The lowest BCUT2D eigenvalue weighted by Gasteiger charge is -2.20. The minimum absolute atomic E-state index is 0.251. The van der Waals surface area contributed by atoms with E-state index in [1.165, 1.54) is 22.3 Å². The van der Waals surface area contributed by atoms with E-state index < -0.39 is 0 Å². The number of halogens is 1. The number of aryl methyl sites for hydroxylation is 2. The molecular weight excluding hydrogens is 300 g/mol. The second kappa shape index (κ2) is 5.38. The Balaban J connectivity index is 1.96. The van der Waals surface area contributed by atoms with E-state index in [0.717, 1.165) is 25.2 Å². The summed E-state index contributed by atoms with van der Waals surface area (Å²) in [6, 6.07) is 15.1. The molecule has 1 nitrogen and oxygen atoms in total. The molecule has 0 aliphatic carbocycles. The molecule has 1 unspecified atom stereocenters. The molecule has 0 bridgehead atoms. The van der Waals surface area contributed by atoms with Crippen molar-refractivity contribution in [2.75, 3.05) is 6.61 Å². The van der Waals surface area contributed by atoms with Crippen molar-refractivity contribution >= 4 is 15.9 Å². The Labute approximate surface area is 122 Å². The summed E-state index contributed by atoms with van der Waals surface area (Å²) in [5, 5.41) is 0. The van der Waals surface area contributed by atoms with Gasteiger partial charge in [0.25, 0.3) is 0 Å². The lowest BCUT2D eigenvalue weighted by atomic mass is 9.97. The maximum Gasteiger partial charge on any atom is 0.122 e. The van der Waals surface area contributed by atoms with Gasteiger partial charge in [0.1, 0.15) is 5.75 Å². The SMILES string of the molecule is Cc1ccccc1C(Br)c1ccc2c(c1)CCCO2. The van der Waals surface area contributed by atoms with E-state index in [-0.39, 0.29) is 4.83 Å². The molecule has 19 heavy (non-hydrogen) atoms. The van der Waals surface area contributed by atoms with E-state index in [1.54, 1.807) is 0 Å². The van der Waals surface area contributed by atoms with E-state index in [0.29, 0.717) is 0 Å². The molecule has 0 fully saturated rings. The van der Waals surface area contributed by atoms with Crippen LogP contribution in [0.3, 0.4) is 0 Å². The van der Waals surface area contributed by atoms with Gasteiger partial charge in [-0.05, 0) is 48.1 Å². The number of benzene rings is 2. The Morgan fingerprint density at radius 3 is 2.84 bits per heavy atom. The van der Waals surface area contributed by atoms with Crippen molar-refractivity contribution in [2.24, 2.45) is 0 Å². The third kappa shape index (κ3) is 2.55. The molecule has 1 aliphatic heterocycles. The van der Waals surface area contributed by atoms with Crippen LogP contribution in [0.15, 0.2) is 42.5 Å². The maximum atomic E-state index is 5.67. The molecule has 1 aliphatic rings. The standard InChI is InChI=1S/C17H17BrO/c1-12-5-2-3-7-15(12)17(18)14-8-9-16-13(11-14)6-4-10-19-16/h2-3,5,7-9,11,17H,4,6,10H2,1H3. The summed E-state index contributed by atoms with van der Waals surface area (Å²) in [6.07, 6.45) is 2.24. The fourth-order valence-electron chi connectivity index (χ4n) is 2.59. The first kappa shape index (κ1) is 12.7. The van der Waals surface area contributed by atoms with Crippen LogP contribution in [0.2, 0.25) is 0 Å². The molecule has 2 aromatic rings. The fraction of sp³-hybridized carbons (Fsp3) is 0.294. The molecule has 0 amide bonds. The van der Waals surface area contributed by atoms with Gasteiger partial charge in [0.15, 0.2) is 0 Å². The van der Waals surface area contributed by atoms with Crippen molar-refractivity contribution in [3.8, 4) is 5.75 Å². The normalized spacial score (nSPS) is 15.5. The van der Waals surface area contributed by atoms with Crippen LogP contribution >= 0.6 is 15.9 Å². The van der Waals surface area contributed by atoms with Gasteiger partial charge < -0.3 is 4.74 Å². The monoisotopic (exact) mass is 316 g/mol. The molecule has 0 saturated heterocycles. The predicted molar refractivity (Wildman–Crippen MR) is 82.2 cm³/mol. The van der Waals surface area contributed by atoms with Crippen molar-refractivity contribution in [2.45, 2.75) is 24.6 Å². The molecule has 0 radical (unpaired) electrons. The van der Waals surface area contributed by atoms with Crippen LogP contribution in [0.1, 0.15) is 33.5 Å². The van der Waals surface area contributed by atoms with Crippen LogP contribution in [-0.4, -0.2) is 6.61 Å². The smallest absolute Gasteiger partial charge is 0.122 e. The van der Waals surface area contributed by atoms with Gasteiger partial charge in [-0.1, -0.05) is 52.3 Å². The Kier molecular flexibility index (Phi) is 3.61. The highest BCUT2D eigenvalue weighted by atomic mass is 79.9. The summed E-state index contributed by atoms with van der Waals surface area (Å²) in [5.41, 5.74) is 5.29. The van der Waals surface area contributed by atoms with E-state index in [2.05, 4.69) is 65.3 Å². The number of hydrogen-bond donors (Lipinski definition) is 0. The number of rotatable bonds is 2. The summed E-state index contributed by atoms with van der Waals surface area (Å²) in [4.78, 5) is 0.251. The lowest BCUT2D eigenvalue weighted by Crippen LogP contribution is -2.09. The Hall–Kier alpha value is -1.28. The highest BCUT2D eigenvalue weighted by molar-refractivity contribution is 9.09. The first-order valence-electron chi connectivity index (χ1n) is 6.71. The number of ether oxygens (including phenoxy) is 1. The predicted octanol–water partition coefficient (Wildman–Crippen LogP) is 4.80. The maximum absolute atomic E-state index is 5.67.